The molecule has 0 saturated carbocycles. The zero-order valence-corrected chi connectivity index (χ0v) is 12.2. The molecule has 0 aliphatic carbocycles. The van der Waals surface area contributed by atoms with Crippen LogP contribution in [0.5, 0.6) is 0 Å². The summed E-state index contributed by atoms with van der Waals surface area (Å²) in [7, 11) is 0. The molecule has 0 bridgehead atoms. The van der Waals surface area contributed by atoms with Crippen molar-refractivity contribution < 1.29 is 9.13 Å². The molecule has 1 atom stereocenters. The van der Waals surface area contributed by atoms with Crippen molar-refractivity contribution in [3.05, 3.63) is 42.4 Å². The fourth-order valence-electron chi connectivity index (χ4n) is 2.61. The number of benzene rings is 1. The second-order valence-corrected chi connectivity index (χ2v) is 5.63. The lowest BCUT2D eigenvalue weighted by atomic mass is 10.2. The second-order valence-electron chi connectivity index (χ2n) is 5.63. The minimum atomic E-state index is -0.571. The highest BCUT2D eigenvalue weighted by atomic mass is 19.1. The van der Waals surface area contributed by atoms with Gasteiger partial charge in [-0.1, -0.05) is 6.07 Å². The Morgan fingerprint density at radius 3 is 2.86 bits per heavy atom. The van der Waals surface area contributed by atoms with E-state index in [0.29, 0.717) is 5.69 Å². The average molecular weight is 289 g/mol. The Bertz CT molecular complexity index is 556. The molecule has 1 aromatic carbocycles. The SMILES string of the molecule is CC1(N=C(Nc2cccc(F)c2)N2CCCC2)CC=CO1. The molecule has 1 aromatic rings. The van der Waals surface area contributed by atoms with E-state index in [2.05, 4.69) is 10.2 Å². The largest absolute Gasteiger partial charge is 0.474 e. The number of hydrogen-bond acceptors (Lipinski definition) is 2. The molecule has 2 aliphatic heterocycles. The maximum Gasteiger partial charge on any atom is 0.203 e. The summed E-state index contributed by atoms with van der Waals surface area (Å²) >= 11 is 0. The molecular formula is C16H20FN3O. The fraction of sp³-hybridized carbons (Fsp3) is 0.438. The highest BCUT2D eigenvalue weighted by Gasteiger charge is 2.29. The first-order valence-corrected chi connectivity index (χ1v) is 7.35. The predicted molar refractivity (Wildman–Crippen MR) is 81.5 cm³/mol. The molecule has 0 radical (unpaired) electrons. The van der Waals surface area contributed by atoms with E-state index in [9.17, 15) is 4.39 Å². The number of rotatable bonds is 2. The molecule has 2 aliphatic rings. The summed E-state index contributed by atoms with van der Waals surface area (Å²) in [6.45, 7) is 3.88. The Balaban J connectivity index is 1.83. The maximum atomic E-state index is 13.3. The third-order valence-corrected chi connectivity index (χ3v) is 3.74. The van der Waals surface area contributed by atoms with Crippen LogP contribution >= 0.6 is 0 Å². The van der Waals surface area contributed by atoms with Gasteiger partial charge in [0.25, 0.3) is 0 Å². The predicted octanol–water partition coefficient (Wildman–Crippen LogP) is 3.34. The standard InChI is InChI=1S/C16H20FN3O/c1-16(8-5-11-21-16)19-15(20-9-2-3-10-20)18-14-7-4-6-13(17)12-14/h4-7,11-12H,2-3,8-10H2,1H3,(H,18,19). The lowest BCUT2D eigenvalue weighted by Crippen LogP contribution is -2.37. The van der Waals surface area contributed by atoms with Gasteiger partial charge in [0.2, 0.25) is 11.7 Å². The van der Waals surface area contributed by atoms with Gasteiger partial charge >= 0.3 is 0 Å². The number of hydrogen-bond donors (Lipinski definition) is 1. The van der Waals surface area contributed by atoms with Gasteiger partial charge in [0.1, 0.15) is 5.82 Å². The van der Waals surface area contributed by atoms with Crippen LogP contribution in [-0.4, -0.2) is 29.7 Å². The molecule has 112 valence electrons. The van der Waals surface area contributed by atoms with Gasteiger partial charge in [-0.05, 0) is 44.0 Å². The summed E-state index contributed by atoms with van der Waals surface area (Å²) in [4.78, 5) is 6.93. The molecule has 21 heavy (non-hydrogen) atoms. The van der Waals surface area contributed by atoms with Crippen LogP contribution in [0.25, 0.3) is 0 Å². The molecular weight excluding hydrogens is 269 g/mol. The van der Waals surface area contributed by atoms with Crippen molar-refractivity contribution in [2.45, 2.75) is 31.9 Å². The van der Waals surface area contributed by atoms with Crippen molar-refractivity contribution in [3.63, 3.8) is 0 Å². The van der Waals surface area contributed by atoms with Crippen LogP contribution in [0.2, 0.25) is 0 Å². The van der Waals surface area contributed by atoms with Gasteiger partial charge in [-0.2, -0.15) is 0 Å². The van der Waals surface area contributed by atoms with Gasteiger partial charge in [-0.3, -0.25) is 0 Å². The molecule has 3 rings (SSSR count). The highest BCUT2D eigenvalue weighted by molar-refractivity contribution is 5.94. The molecule has 0 spiro atoms. The summed E-state index contributed by atoms with van der Waals surface area (Å²) in [5.41, 5.74) is 0.133. The van der Waals surface area contributed by atoms with Gasteiger partial charge in [0.05, 0.1) is 6.26 Å². The Labute approximate surface area is 124 Å². The van der Waals surface area contributed by atoms with Gasteiger partial charge in [0.15, 0.2) is 0 Å². The van der Waals surface area contributed by atoms with Crippen molar-refractivity contribution in [1.29, 1.82) is 0 Å². The summed E-state index contributed by atoms with van der Waals surface area (Å²) in [6, 6.07) is 6.43. The topological polar surface area (TPSA) is 36.9 Å². The molecule has 1 unspecified atom stereocenters. The number of halogens is 1. The monoisotopic (exact) mass is 289 g/mol. The number of anilines is 1. The molecule has 0 aromatic heterocycles. The van der Waals surface area contributed by atoms with Crippen LogP contribution in [0, 0.1) is 5.82 Å². The van der Waals surface area contributed by atoms with Gasteiger partial charge < -0.3 is 15.0 Å². The van der Waals surface area contributed by atoms with Crippen LogP contribution < -0.4 is 5.32 Å². The number of nitrogens with zero attached hydrogens (tertiary/aromatic N) is 2. The molecule has 1 N–H and O–H groups in total. The number of nitrogens with one attached hydrogen (secondary N) is 1. The molecule has 2 heterocycles. The van der Waals surface area contributed by atoms with E-state index >= 15 is 0 Å². The van der Waals surface area contributed by atoms with Gasteiger partial charge in [-0.25, -0.2) is 9.38 Å². The Kier molecular flexibility index (Phi) is 3.82. The third-order valence-electron chi connectivity index (χ3n) is 3.74. The molecule has 4 nitrogen and oxygen atoms in total. The van der Waals surface area contributed by atoms with E-state index in [0.717, 1.165) is 38.3 Å². The Hall–Kier alpha value is -2.04. The Morgan fingerprint density at radius 1 is 1.38 bits per heavy atom. The maximum absolute atomic E-state index is 13.3. The first-order valence-electron chi connectivity index (χ1n) is 7.35. The van der Waals surface area contributed by atoms with Crippen LogP contribution in [0.4, 0.5) is 10.1 Å². The van der Waals surface area contributed by atoms with Crippen molar-refractivity contribution in [2.75, 3.05) is 18.4 Å². The zero-order chi connectivity index (χ0) is 14.7. The summed E-state index contributed by atoms with van der Waals surface area (Å²) < 4.78 is 18.9. The lowest BCUT2D eigenvalue weighted by molar-refractivity contribution is 0.0716. The number of aliphatic imine (C=N–C) groups is 1. The summed E-state index contributed by atoms with van der Waals surface area (Å²) in [6.07, 6.45) is 6.70. The van der Waals surface area contributed by atoms with E-state index in [-0.39, 0.29) is 5.82 Å². The van der Waals surface area contributed by atoms with Crippen LogP contribution in [-0.2, 0) is 4.74 Å². The van der Waals surface area contributed by atoms with Crippen molar-refractivity contribution in [1.82, 2.24) is 4.90 Å². The fourth-order valence-corrected chi connectivity index (χ4v) is 2.61. The molecule has 1 fully saturated rings. The average Bonchev–Trinajstić information content (AvgIpc) is 3.10. The van der Waals surface area contributed by atoms with Crippen molar-refractivity contribution >= 4 is 11.6 Å². The minimum Gasteiger partial charge on any atom is -0.474 e. The van der Waals surface area contributed by atoms with Crippen LogP contribution in [0.15, 0.2) is 41.6 Å². The van der Waals surface area contributed by atoms with Crippen molar-refractivity contribution in [3.8, 4) is 0 Å². The van der Waals surface area contributed by atoms with E-state index in [1.165, 1.54) is 12.1 Å². The minimum absolute atomic E-state index is 0.259. The zero-order valence-electron chi connectivity index (χ0n) is 12.2. The smallest absolute Gasteiger partial charge is 0.203 e. The summed E-state index contributed by atoms with van der Waals surface area (Å²) in [5, 5.41) is 3.24. The first-order chi connectivity index (χ1) is 10.1. The van der Waals surface area contributed by atoms with E-state index in [1.54, 1.807) is 12.3 Å². The summed E-state index contributed by atoms with van der Waals surface area (Å²) in [5.74, 6) is 0.495. The van der Waals surface area contributed by atoms with Gasteiger partial charge in [-0.15, -0.1) is 0 Å². The molecule has 5 heteroatoms. The van der Waals surface area contributed by atoms with E-state index in [4.69, 9.17) is 9.73 Å². The van der Waals surface area contributed by atoms with Crippen LogP contribution in [0.1, 0.15) is 26.2 Å². The van der Waals surface area contributed by atoms with Crippen LogP contribution in [0.3, 0.4) is 0 Å². The van der Waals surface area contributed by atoms with Crippen molar-refractivity contribution in [2.24, 2.45) is 4.99 Å². The highest BCUT2D eigenvalue weighted by Crippen LogP contribution is 2.25. The van der Waals surface area contributed by atoms with E-state index < -0.39 is 5.72 Å². The number of ether oxygens (including phenoxy) is 1. The quantitative estimate of drug-likeness (QED) is 0.670. The normalized spacial score (nSPS) is 25.2. The second kappa shape index (κ2) is 5.76. The third kappa shape index (κ3) is 3.35. The number of likely N-dealkylation sites (tertiary alicyclic amines) is 1. The van der Waals surface area contributed by atoms with Gasteiger partial charge in [0, 0.05) is 25.2 Å². The molecule has 0 amide bonds. The Morgan fingerprint density at radius 2 is 2.19 bits per heavy atom. The molecule has 1 saturated heterocycles. The lowest BCUT2D eigenvalue weighted by Gasteiger charge is -2.26. The first kappa shape index (κ1) is 13.9. The van der Waals surface area contributed by atoms with E-state index in [1.807, 2.05) is 19.1 Å². The number of guanidine groups is 1.